The number of anilines is 1. The molecule has 1 amide bonds. The molecule has 2 aromatic carbocycles. The molecule has 0 aliphatic heterocycles. The molecule has 0 saturated heterocycles. The summed E-state index contributed by atoms with van der Waals surface area (Å²) < 4.78 is 15.8. The minimum absolute atomic E-state index is 0.0150. The van der Waals surface area contributed by atoms with Gasteiger partial charge in [0.1, 0.15) is 5.82 Å². The number of rotatable bonds is 2. The predicted molar refractivity (Wildman–Crippen MR) is 88.6 cm³/mol. The van der Waals surface area contributed by atoms with Crippen molar-refractivity contribution in [3.05, 3.63) is 60.7 Å². The molecule has 6 heteroatoms. The number of hydrogen-bond donors (Lipinski definition) is 1. The van der Waals surface area contributed by atoms with Crippen molar-refractivity contribution < 1.29 is 9.18 Å². The van der Waals surface area contributed by atoms with E-state index in [-0.39, 0.29) is 5.56 Å². The van der Waals surface area contributed by atoms with Gasteiger partial charge in [-0.15, -0.1) is 0 Å². The molecule has 20 heavy (non-hydrogen) atoms. The summed E-state index contributed by atoms with van der Waals surface area (Å²) in [6.45, 7) is 1.94. The fraction of sp³-hybridized carbons (Fsp3) is 0.0714. The van der Waals surface area contributed by atoms with E-state index >= 15 is 0 Å². The van der Waals surface area contributed by atoms with Gasteiger partial charge in [0.15, 0.2) is 0 Å². The Labute approximate surface area is 141 Å². The summed E-state index contributed by atoms with van der Waals surface area (Å²) in [7, 11) is 0. The van der Waals surface area contributed by atoms with Crippen molar-refractivity contribution in [2.24, 2.45) is 0 Å². The van der Waals surface area contributed by atoms with Gasteiger partial charge in [-0.3, -0.25) is 4.79 Å². The molecule has 0 saturated carbocycles. The van der Waals surface area contributed by atoms with E-state index in [2.05, 4.69) is 53.1 Å². The third-order valence-electron chi connectivity index (χ3n) is 2.60. The zero-order valence-electron chi connectivity index (χ0n) is 10.3. The highest BCUT2D eigenvalue weighted by Gasteiger charge is 2.15. The van der Waals surface area contributed by atoms with Crippen LogP contribution >= 0.6 is 47.8 Å². The first-order chi connectivity index (χ1) is 9.38. The highest BCUT2D eigenvalue weighted by atomic mass is 79.9. The first-order valence-electron chi connectivity index (χ1n) is 5.60. The van der Waals surface area contributed by atoms with Gasteiger partial charge in [-0.25, -0.2) is 4.39 Å². The number of hydrogen-bond acceptors (Lipinski definition) is 1. The normalized spacial score (nSPS) is 10.4. The van der Waals surface area contributed by atoms with Gasteiger partial charge in [-0.2, -0.15) is 0 Å². The Kier molecular flexibility index (Phi) is 4.99. The van der Waals surface area contributed by atoms with Crippen LogP contribution in [0.1, 0.15) is 15.9 Å². The number of benzene rings is 2. The summed E-state index contributed by atoms with van der Waals surface area (Å²) in [4.78, 5) is 12.2. The molecule has 0 spiro atoms. The van der Waals surface area contributed by atoms with E-state index in [0.717, 1.165) is 14.5 Å². The molecule has 2 aromatic rings. The van der Waals surface area contributed by atoms with E-state index < -0.39 is 11.7 Å². The van der Waals surface area contributed by atoms with Gasteiger partial charge in [0.05, 0.1) is 11.3 Å². The topological polar surface area (TPSA) is 29.1 Å². The zero-order chi connectivity index (χ0) is 14.9. The van der Waals surface area contributed by atoms with Crippen molar-refractivity contribution in [1.29, 1.82) is 0 Å². The molecule has 104 valence electrons. The van der Waals surface area contributed by atoms with Crippen molar-refractivity contribution in [2.75, 3.05) is 5.32 Å². The van der Waals surface area contributed by atoms with Gasteiger partial charge in [-0.1, -0.05) is 15.9 Å². The van der Waals surface area contributed by atoms with E-state index in [0.29, 0.717) is 10.2 Å². The molecular weight excluding hydrogens is 457 g/mol. The summed E-state index contributed by atoms with van der Waals surface area (Å²) in [5.41, 5.74) is 1.59. The van der Waals surface area contributed by atoms with Crippen LogP contribution in [0.4, 0.5) is 10.1 Å². The molecule has 0 unspecified atom stereocenters. The summed E-state index contributed by atoms with van der Waals surface area (Å²) in [5, 5.41) is 2.70. The van der Waals surface area contributed by atoms with Crippen LogP contribution in [-0.2, 0) is 0 Å². The molecule has 0 heterocycles. The lowest BCUT2D eigenvalue weighted by atomic mass is 10.2. The van der Waals surface area contributed by atoms with Gasteiger partial charge in [0.2, 0.25) is 0 Å². The maximum absolute atomic E-state index is 13.7. The Balaban J connectivity index is 2.35. The molecule has 0 atom stereocenters. The van der Waals surface area contributed by atoms with E-state index in [1.54, 1.807) is 6.07 Å². The fourth-order valence-electron chi connectivity index (χ4n) is 1.67. The zero-order valence-corrected chi connectivity index (χ0v) is 15.1. The number of carbonyl (C=O) groups is 1. The fourth-order valence-corrected chi connectivity index (χ4v) is 3.65. The lowest BCUT2D eigenvalue weighted by molar-refractivity contribution is 0.102. The Bertz CT molecular complexity index is 665. The maximum Gasteiger partial charge on any atom is 0.258 e. The Morgan fingerprint density at radius 2 is 1.70 bits per heavy atom. The number of carbonyl (C=O) groups excluding carboxylic acids is 1. The van der Waals surface area contributed by atoms with Gasteiger partial charge >= 0.3 is 0 Å². The Morgan fingerprint density at radius 1 is 1.10 bits per heavy atom. The maximum atomic E-state index is 13.7. The van der Waals surface area contributed by atoms with E-state index in [9.17, 15) is 9.18 Å². The molecule has 0 aromatic heterocycles. The van der Waals surface area contributed by atoms with Crippen LogP contribution in [0.3, 0.4) is 0 Å². The molecule has 0 aliphatic carbocycles. The third-order valence-corrected chi connectivity index (χ3v) is 4.34. The lowest BCUT2D eigenvalue weighted by Gasteiger charge is -2.11. The van der Waals surface area contributed by atoms with E-state index in [1.807, 2.05) is 19.1 Å². The predicted octanol–water partition coefficient (Wildman–Crippen LogP) is 5.67. The van der Waals surface area contributed by atoms with Gasteiger partial charge in [0.25, 0.3) is 5.91 Å². The molecule has 0 aliphatic rings. The van der Waals surface area contributed by atoms with Crippen LogP contribution in [0.15, 0.2) is 43.7 Å². The average Bonchev–Trinajstić information content (AvgIpc) is 2.36. The van der Waals surface area contributed by atoms with Gasteiger partial charge in [-0.05, 0) is 74.7 Å². The minimum Gasteiger partial charge on any atom is -0.320 e. The second kappa shape index (κ2) is 6.37. The molecule has 0 bridgehead atoms. The monoisotopic (exact) mass is 463 g/mol. The highest BCUT2D eigenvalue weighted by Crippen LogP contribution is 2.32. The summed E-state index contributed by atoms with van der Waals surface area (Å²) in [5.74, 6) is -1.07. The van der Waals surface area contributed by atoms with Crippen LogP contribution in [0.5, 0.6) is 0 Å². The second-order valence-corrected chi connectivity index (χ2v) is 6.81. The average molecular weight is 466 g/mol. The summed E-state index contributed by atoms with van der Waals surface area (Å²) >= 11 is 9.99. The Morgan fingerprint density at radius 3 is 2.30 bits per heavy atom. The minimum atomic E-state index is -0.565. The second-order valence-electron chi connectivity index (χ2n) is 4.18. The van der Waals surface area contributed by atoms with E-state index in [1.165, 1.54) is 12.1 Å². The third kappa shape index (κ3) is 3.48. The van der Waals surface area contributed by atoms with Gasteiger partial charge in [0, 0.05) is 13.4 Å². The molecule has 0 radical (unpaired) electrons. The van der Waals surface area contributed by atoms with Crippen LogP contribution < -0.4 is 5.32 Å². The van der Waals surface area contributed by atoms with Crippen LogP contribution in [0.25, 0.3) is 0 Å². The van der Waals surface area contributed by atoms with E-state index in [4.69, 9.17) is 0 Å². The summed E-state index contributed by atoms with van der Waals surface area (Å²) in [6, 6.07) is 7.98. The number of nitrogens with one attached hydrogen (secondary N) is 1. The molecule has 1 N–H and O–H groups in total. The van der Waals surface area contributed by atoms with Crippen molar-refractivity contribution in [3.63, 3.8) is 0 Å². The number of aryl methyl sites for hydroxylation is 1. The van der Waals surface area contributed by atoms with Crippen LogP contribution in [0, 0.1) is 12.7 Å². The standard InChI is InChI=1S/C14H9Br3FNO/c1-7-4-10(16)13(11(17)5-7)19-14(20)9-6-8(15)2-3-12(9)18/h2-6H,1H3,(H,19,20). The number of amides is 1. The SMILES string of the molecule is Cc1cc(Br)c(NC(=O)c2cc(Br)ccc2F)c(Br)c1. The van der Waals surface area contributed by atoms with Gasteiger partial charge < -0.3 is 5.32 Å². The molecule has 2 nitrogen and oxygen atoms in total. The lowest BCUT2D eigenvalue weighted by Crippen LogP contribution is -2.14. The van der Waals surface area contributed by atoms with Crippen molar-refractivity contribution in [3.8, 4) is 0 Å². The van der Waals surface area contributed by atoms with Crippen LogP contribution in [0.2, 0.25) is 0 Å². The largest absolute Gasteiger partial charge is 0.320 e. The van der Waals surface area contributed by atoms with Crippen molar-refractivity contribution in [1.82, 2.24) is 0 Å². The molecular formula is C14H9Br3FNO. The first-order valence-corrected chi connectivity index (χ1v) is 7.98. The first kappa shape index (κ1) is 15.7. The van der Waals surface area contributed by atoms with Crippen molar-refractivity contribution in [2.45, 2.75) is 6.92 Å². The quantitative estimate of drug-likeness (QED) is 0.608. The van der Waals surface area contributed by atoms with Crippen molar-refractivity contribution >= 4 is 59.4 Å². The summed E-state index contributed by atoms with van der Waals surface area (Å²) in [6.07, 6.45) is 0. The Hall–Kier alpha value is -0.720. The molecule has 0 fully saturated rings. The highest BCUT2D eigenvalue weighted by molar-refractivity contribution is 9.11. The number of halogens is 4. The van der Waals surface area contributed by atoms with Crippen LogP contribution in [-0.4, -0.2) is 5.91 Å². The smallest absolute Gasteiger partial charge is 0.258 e. The molecule has 2 rings (SSSR count).